The maximum Gasteiger partial charge on any atom is 0.254 e. The second-order valence-electron chi connectivity index (χ2n) is 5.40. The Morgan fingerprint density at radius 2 is 1.77 bits per heavy atom. The third-order valence-corrected chi connectivity index (χ3v) is 3.81. The zero-order valence-corrected chi connectivity index (χ0v) is 12.3. The van der Waals surface area contributed by atoms with Crippen molar-refractivity contribution in [2.45, 2.75) is 6.42 Å². The van der Waals surface area contributed by atoms with E-state index in [1.165, 1.54) is 5.56 Å². The van der Waals surface area contributed by atoms with Crippen molar-refractivity contribution in [2.75, 3.05) is 19.6 Å². The van der Waals surface area contributed by atoms with Crippen molar-refractivity contribution in [3.8, 4) is 0 Å². The summed E-state index contributed by atoms with van der Waals surface area (Å²) in [6.45, 7) is 1.22. The fourth-order valence-electron chi connectivity index (χ4n) is 2.68. The van der Waals surface area contributed by atoms with Crippen molar-refractivity contribution in [1.82, 2.24) is 10.2 Å². The molecule has 2 aromatic carbocycles. The fourth-order valence-corrected chi connectivity index (χ4v) is 2.68. The van der Waals surface area contributed by atoms with E-state index in [1.807, 2.05) is 42.5 Å². The number of hydrogen-bond donors (Lipinski definition) is 1. The number of amides is 2. The number of rotatable bonds is 3. The Balaban J connectivity index is 1.84. The molecule has 1 aliphatic rings. The van der Waals surface area contributed by atoms with Gasteiger partial charge in [-0.1, -0.05) is 48.5 Å². The van der Waals surface area contributed by atoms with Crippen LogP contribution in [0.3, 0.4) is 0 Å². The smallest absolute Gasteiger partial charge is 0.254 e. The number of hydrogen-bond acceptors (Lipinski definition) is 2. The summed E-state index contributed by atoms with van der Waals surface area (Å²) in [7, 11) is 0. The number of carbonyl (C=O) groups is 2. The van der Waals surface area contributed by atoms with Crippen molar-refractivity contribution in [1.29, 1.82) is 0 Å². The van der Waals surface area contributed by atoms with Gasteiger partial charge in [0, 0.05) is 18.7 Å². The van der Waals surface area contributed by atoms with E-state index in [1.54, 1.807) is 4.90 Å². The van der Waals surface area contributed by atoms with Crippen LogP contribution in [0.2, 0.25) is 0 Å². The number of carbonyl (C=O) groups excluding carboxylic acids is 2. The van der Waals surface area contributed by atoms with Gasteiger partial charge in [-0.25, -0.2) is 0 Å². The molecule has 22 heavy (non-hydrogen) atoms. The summed E-state index contributed by atoms with van der Waals surface area (Å²) >= 11 is 0. The molecule has 1 N–H and O–H groups in total. The Labute approximate surface area is 129 Å². The Morgan fingerprint density at radius 3 is 2.55 bits per heavy atom. The predicted molar refractivity (Wildman–Crippen MR) is 84.6 cm³/mol. The van der Waals surface area contributed by atoms with E-state index in [0.29, 0.717) is 25.1 Å². The normalized spacial score (nSPS) is 14.5. The molecule has 2 amide bonds. The minimum absolute atomic E-state index is 0.0682. The maximum absolute atomic E-state index is 12.7. The largest absolute Gasteiger partial charge is 0.353 e. The lowest BCUT2D eigenvalue weighted by Gasteiger charge is -2.27. The van der Waals surface area contributed by atoms with Gasteiger partial charge in [-0.2, -0.15) is 0 Å². The van der Waals surface area contributed by atoms with E-state index in [9.17, 15) is 9.59 Å². The molecule has 1 saturated heterocycles. The molecule has 2 aromatic rings. The summed E-state index contributed by atoms with van der Waals surface area (Å²) in [5.74, 6) is -0.165. The molecule has 0 spiro atoms. The standard InChI is InChI=1S/C18H18N2O2/c21-17-13-20(11-10-19-17)18(22)16-9-5-4-8-15(16)12-14-6-2-1-3-7-14/h1-9H,10-13H2,(H,19,21). The average Bonchev–Trinajstić information content (AvgIpc) is 2.56. The highest BCUT2D eigenvalue weighted by molar-refractivity contribution is 5.98. The van der Waals surface area contributed by atoms with Gasteiger partial charge in [0.15, 0.2) is 0 Å². The minimum Gasteiger partial charge on any atom is -0.353 e. The number of piperazine rings is 1. The van der Waals surface area contributed by atoms with Gasteiger partial charge < -0.3 is 10.2 Å². The molecule has 3 rings (SSSR count). The predicted octanol–water partition coefficient (Wildman–Crippen LogP) is 1.85. The Hall–Kier alpha value is -2.62. The first-order chi connectivity index (χ1) is 10.7. The van der Waals surface area contributed by atoms with Crippen LogP contribution in [0, 0.1) is 0 Å². The lowest BCUT2D eigenvalue weighted by Crippen LogP contribution is -2.50. The van der Waals surface area contributed by atoms with E-state index >= 15 is 0 Å². The van der Waals surface area contributed by atoms with Gasteiger partial charge in [-0.05, 0) is 23.6 Å². The highest BCUT2D eigenvalue weighted by atomic mass is 16.2. The molecular weight excluding hydrogens is 276 g/mol. The molecule has 4 nitrogen and oxygen atoms in total. The molecular formula is C18H18N2O2. The van der Waals surface area contributed by atoms with Gasteiger partial charge in [0.2, 0.25) is 5.91 Å². The first-order valence-electron chi connectivity index (χ1n) is 7.42. The molecule has 1 heterocycles. The third-order valence-electron chi connectivity index (χ3n) is 3.81. The number of nitrogens with one attached hydrogen (secondary N) is 1. The number of benzene rings is 2. The van der Waals surface area contributed by atoms with Crippen LogP contribution in [0.15, 0.2) is 54.6 Å². The van der Waals surface area contributed by atoms with E-state index in [4.69, 9.17) is 0 Å². The van der Waals surface area contributed by atoms with Gasteiger partial charge in [0.25, 0.3) is 5.91 Å². The number of nitrogens with zero attached hydrogens (tertiary/aromatic N) is 1. The summed E-state index contributed by atoms with van der Waals surface area (Å²) < 4.78 is 0. The zero-order chi connectivity index (χ0) is 15.4. The minimum atomic E-state index is -0.0971. The summed E-state index contributed by atoms with van der Waals surface area (Å²) in [4.78, 5) is 25.8. The first-order valence-corrected chi connectivity index (χ1v) is 7.42. The van der Waals surface area contributed by atoms with Gasteiger partial charge in [0.05, 0.1) is 6.54 Å². The van der Waals surface area contributed by atoms with E-state index in [-0.39, 0.29) is 18.4 Å². The third kappa shape index (κ3) is 3.17. The molecule has 0 unspecified atom stereocenters. The summed E-state index contributed by atoms with van der Waals surface area (Å²) in [5, 5.41) is 2.74. The van der Waals surface area contributed by atoms with Crippen LogP contribution in [-0.4, -0.2) is 36.3 Å². The van der Waals surface area contributed by atoms with Crippen LogP contribution in [-0.2, 0) is 11.2 Å². The quantitative estimate of drug-likeness (QED) is 0.939. The van der Waals surface area contributed by atoms with Crippen LogP contribution >= 0.6 is 0 Å². The Morgan fingerprint density at radius 1 is 1.05 bits per heavy atom. The molecule has 1 aliphatic heterocycles. The highest BCUT2D eigenvalue weighted by Gasteiger charge is 2.23. The van der Waals surface area contributed by atoms with Crippen molar-refractivity contribution < 1.29 is 9.59 Å². The van der Waals surface area contributed by atoms with Crippen molar-refractivity contribution in [3.05, 3.63) is 71.3 Å². The molecule has 0 radical (unpaired) electrons. The van der Waals surface area contributed by atoms with Gasteiger partial charge >= 0.3 is 0 Å². The molecule has 1 fully saturated rings. The Kier molecular flexibility index (Phi) is 4.19. The lowest BCUT2D eigenvalue weighted by atomic mass is 9.99. The SMILES string of the molecule is O=C1CN(C(=O)c2ccccc2Cc2ccccc2)CCN1. The van der Waals surface area contributed by atoms with Gasteiger partial charge in [-0.3, -0.25) is 9.59 Å². The van der Waals surface area contributed by atoms with Crippen LogP contribution in [0.4, 0.5) is 0 Å². The zero-order valence-electron chi connectivity index (χ0n) is 12.3. The molecule has 0 aliphatic carbocycles. The summed E-state index contributed by atoms with van der Waals surface area (Å²) in [5.41, 5.74) is 2.84. The molecule has 0 saturated carbocycles. The molecule has 112 valence electrons. The Bertz CT molecular complexity index is 682. The molecule has 4 heteroatoms. The van der Waals surface area contributed by atoms with Crippen molar-refractivity contribution >= 4 is 11.8 Å². The van der Waals surface area contributed by atoms with Crippen LogP contribution in [0.1, 0.15) is 21.5 Å². The first kappa shape index (κ1) is 14.3. The monoisotopic (exact) mass is 294 g/mol. The van der Waals surface area contributed by atoms with E-state index in [2.05, 4.69) is 17.4 Å². The van der Waals surface area contributed by atoms with E-state index in [0.717, 1.165) is 5.56 Å². The lowest BCUT2D eigenvalue weighted by molar-refractivity contribution is -0.123. The average molecular weight is 294 g/mol. The van der Waals surface area contributed by atoms with Gasteiger partial charge in [0.1, 0.15) is 0 Å². The second kappa shape index (κ2) is 6.43. The van der Waals surface area contributed by atoms with Crippen LogP contribution in [0.25, 0.3) is 0 Å². The van der Waals surface area contributed by atoms with Crippen molar-refractivity contribution in [2.24, 2.45) is 0 Å². The molecule has 0 aromatic heterocycles. The molecule has 0 atom stereocenters. The van der Waals surface area contributed by atoms with Crippen LogP contribution in [0.5, 0.6) is 0 Å². The fraction of sp³-hybridized carbons (Fsp3) is 0.222. The highest BCUT2D eigenvalue weighted by Crippen LogP contribution is 2.17. The topological polar surface area (TPSA) is 49.4 Å². The van der Waals surface area contributed by atoms with Crippen LogP contribution < -0.4 is 5.32 Å². The summed E-state index contributed by atoms with van der Waals surface area (Å²) in [6, 6.07) is 17.7. The second-order valence-corrected chi connectivity index (χ2v) is 5.40. The van der Waals surface area contributed by atoms with Crippen molar-refractivity contribution in [3.63, 3.8) is 0 Å². The maximum atomic E-state index is 12.7. The molecule has 0 bridgehead atoms. The summed E-state index contributed by atoms with van der Waals surface area (Å²) in [6.07, 6.45) is 0.711. The van der Waals surface area contributed by atoms with Gasteiger partial charge in [-0.15, -0.1) is 0 Å². The van der Waals surface area contributed by atoms with E-state index < -0.39 is 0 Å².